The molecular weight excluding hydrogens is 504 g/mol. The SMILES string of the molecule is COC(=O)c1ccc(COC(CN2CCN(C(=O)C(C)Oc3ccccc3)CC2)c2ccc(Cl)cc2)cc1. The second-order valence-corrected chi connectivity index (χ2v) is 9.68. The van der Waals surface area contributed by atoms with Crippen LogP contribution in [0.4, 0.5) is 0 Å². The van der Waals surface area contributed by atoms with Gasteiger partial charge in [0.25, 0.3) is 5.91 Å². The first-order valence-corrected chi connectivity index (χ1v) is 13.1. The van der Waals surface area contributed by atoms with Gasteiger partial charge in [0.15, 0.2) is 6.10 Å². The predicted molar refractivity (Wildman–Crippen MR) is 146 cm³/mol. The van der Waals surface area contributed by atoms with Crippen LogP contribution in [-0.2, 0) is 20.9 Å². The van der Waals surface area contributed by atoms with Crippen LogP contribution in [0.25, 0.3) is 0 Å². The molecule has 0 N–H and O–H groups in total. The normalized spacial score (nSPS) is 15.5. The van der Waals surface area contributed by atoms with Crippen molar-refractivity contribution in [2.24, 2.45) is 0 Å². The maximum atomic E-state index is 12.9. The second kappa shape index (κ2) is 13.4. The first-order chi connectivity index (χ1) is 18.4. The van der Waals surface area contributed by atoms with Crippen LogP contribution in [0.1, 0.15) is 34.5 Å². The van der Waals surface area contributed by atoms with Gasteiger partial charge in [-0.2, -0.15) is 0 Å². The quantitative estimate of drug-likeness (QED) is 0.340. The average Bonchev–Trinajstić information content (AvgIpc) is 2.96. The van der Waals surface area contributed by atoms with Gasteiger partial charge in [0.1, 0.15) is 5.75 Å². The summed E-state index contributed by atoms with van der Waals surface area (Å²) in [4.78, 5) is 28.8. The average molecular weight is 537 g/mol. The number of benzene rings is 3. The van der Waals surface area contributed by atoms with E-state index in [0.29, 0.717) is 42.6 Å². The van der Waals surface area contributed by atoms with Gasteiger partial charge in [0, 0.05) is 37.7 Å². The van der Waals surface area contributed by atoms with Crippen molar-refractivity contribution in [3.8, 4) is 5.75 Å². The Morgan fingerprint density at radius 2 is 1.55 bits per heavy atom. The van der Waals surface area contributed by atoms with E-state index in [0.717, 1.165) is 24.2 Å². The number of methoxy groups -OCH3 is 1. The smallest absolute Gasteiger partial charge is 0.337 e. The Hall–Kier alpha value is -3.39. The van der Waals surface area contributed by atoms with Gasteiger partial charge in [-0.15, -0.1) is 0 Å². The molecule has 1 heterocycles. The molecule has 3 aromatic rings. The third-order valence-corrected chi connectivity index (χ3v) is 6.83. The van der Waals surface area contributed by atoms with E-state index in [9.17, 15) is 9.59 Å². The Balaban J connectivity index is 1.34. The minimum absolute atomic E-state index is 0.00518. The molecule has 200 valence electrons. The summed E-state index contributed by atoms with van der Waals surface area (Å²) < 4.78 is 17.0. The van der Waals surface area contributed by atoms with Crippen LogP contribution in [0.5, 0.6) is 5.75 Å². The van der Waals surface area contributed by atoms with Crippen molar-refractivity contribution in [1.82, 2.24) is 9.80 Å². The molecule has 2 atom stereocenters. The van der Waals surface area contributed by atoms with Crippen LogP contribution in [0.3, 0.4) is 0 Å². The molecular formula is C30H33ClN2O5. The molecule has 1 saturated heterocycles. The van der Waals surface area contributed by atoms with Crippen LogP contribution in [-0.4, -0.2) is 67.6 Å². The number of ether oxygens (including phenoxy) is 3. The van der Waals surface area contributed by atoms with E-state index in [1.165, 1.54) is 7.11 Å². The monoisotopic (exact) mass is 536 g/mol. The highest BCUT2D eigenvalue weighted by atomic mass is 35.5. The number of carbonyl (C=O) groups is 2. The highest BCUT2D eigenvalue weighted by molar-refractivity contribution is 6.30. The summed E-state index contributed by atoms with van der Waals surface area (Å²) in [6, 6.07) is 24.3. The molecule has 0 aromatic heterocycles. The molecule has 1 aliphatic heterocycles. The summed E-state index contributed by atoms with van der Waals surface area (Å²) in [6.07, 6.45) is -0.727. The van der Waals surface area contributed by atoms with Crippen LogP contribution >= 0.6 is 11.6 Å². The van der Waals surface area contributed by atoms with Gasteiger partial charge in [-0.3, -0.25) is 9.69 Å². The Bertz CT molecular complexity index is 1180. The summed E-state index contributed by atoms with van der Waals surface area (Å²) in [7, 11) is 1.37. The number of para-hydroxylation sites is 1. The Morgan fingerprint density at radius 3 is 2.18 bits per heavy atom. The summed E-state index contributed by atoms with van der Waals surface area (Å²) >= 11 is 6.12. The van der Waals surface area contributed by atoms with Gasteiger partial charge in [0.2, 0.25) is 0 Å². The fourth-order valence-corrected chi connectivity index (χ4v) is 4.51. The van der Waals surface area contributed by atoms with Crippen LogP contribution in [0.15, 0.2) is 78.9 Å². The minimum atomic E-state index is -0.542. The Kier molecular flexibility index (Phi) is 9.76. The number of amides is 1. The molecule has 8 heteroatoms. The number of halogens is 1. The van der Waals surface area contributed by atoms with Crippen molar-refractivity contribution in [3.63, 3.8) is 0 Å². The summed E-state index contributed by atoms with van der Waals surface area (Å²) in [5, 5.41) is 0.671. The zero-order valence-electron chi connectivity index (χ0n) is 21.7. The predicted octanol–water partition coefficient (Wildman–Crippen LogP) is 5.00. The fourth-order valence-electron chi connectivity index (χ4n) is 4.38. The molecule has 4 rings (SSSR count). The molecule has 3 aromatic carbocycles. The first-order valence-electron chi connectivity index (χ1n) is 12.7. The molecule has 0 radical (unpaired) electrons. The summed E-state index contributed by atoms with van der Waals surface area (Å²) in [5.41, 5.74) is 2.49. The number of esters is 1. The van der Waals surface area contributed by atoms with Crippen LogP contribution < -0.4 is 4.74 Å². The van der Waals surface area contributed by atoms with Crippen molar-refractivity contribution in [1.29, 1.82) is 0 Å². The van der Waals surface area contributed by atoms with Gasteiger partial charge in [-0.05, 0) is 54.4 Å². The van der Waals surface area contributed by atoms with E-state index in [2.05, 4.69) is 4.90 Å². The highest BCUT2D eigenvalue weighted by Crippen LogP contribution is 2.24. The van der Waals surface area contributed by atoms with Crippen molar-refractivity contribution in [2.45, 2.75) is 25.7 Å². The summed E-state index contributed by atoms with van der Waals surface area (Å²) in [5.74, 6) is 0.319. The lowest BCUT2D eigenvalue weighted by Gasteiger charge is -2.37. The standard InChI is InChI=1S/C30H33ClN2O5/c1-22(38-27-6-4-3-5-7-27)29(34)33-18-16-32(17-19-33)20-28(24-12-14-26(31)15-13-24)37-21-23-8-10-25(11-9-23)30(35)36-2/h3-15,22,28H,16-21H2,1-2H3. The van der Waals surface area contributed by atoms with E-state index in [4.69, 9.17) is 25.8 Å². The van der Waals surface area contributed by atoms with Crippen molar-refractivity contribution < 1.29 is 23.8 Å². The number of hydrogen-bond acceptors (Lipinski definition) is 6. The Morgan fingerprint density at radius 1 is 0.895 bits per heavy atom. The zero-order valence-corrected chi connectivity index (χ0v) is 22.5. The molecule has 0 aliphatic carbocycles. The lowest BCUT2D eigenvalue weighted by molar-refractivity contribution is -0.140. The van der Waals surface area contributed by atoms with E-state index in [1.807, 2.05) is 71.6 Å². The number of piperazine rings is 1. The van der Waals surface area contributed by atoms with Gasteiger partial charge in [-0.1, -0.05) is 54.1 Å². The molecule has 1 aliphatic rings. The van der Waals surface area contributed by atoms with Gasteiger partial charge >= 0.3 is 5.97 Å². The van der Waals surface area contributed by atoms with Crippen molar-refractivity contribution in [2.75, 3.05) is 39.8 Å². The molecule has 38 heavy (non-hydrogen) atoms. The molecule has 7 nitrogen and oxygen atoms in total. The van der Waals surface area contributed by atoms with Crippen molar-refractivity contribution in [3.05, 3.63) is 101 Å². The van der Waals surface area contributed by atoms with E-state index in [-0.39, 0.29) is 18.0 Å². The van der Waals surface area contributed by atoms with E-state index >= 15 is 0 Å². The lowest BCUT2D eigenvalue weighted by Crippen LogP contribution is -2.52. The minimum Gasteiger partial charge on any atom is -0.481 e. The van der Waals surface area contributed by atoms with E-state index < -0.39 is 6.10 Å². The fraction of sp³-hybridized carbons (Fsp3) is 0.333. The first kappa shape index (κ1) is 27.6. The van der Waals surface area contributed by atoms with Gasteiger partial charge in [0.05, 0.1) is 25.4 Å². The zero-order chi connectivity index (χ0) is 26.9. The van der Waals surface area contributed by atoms with Crippen molar-refractivity contribution >= 4 is 23.5 Å². The largest absolute Gasteiger partial charge is 0.481 e. The molecule has 0 bridgehead atoms. The number of carbonyl (C=O) groups excluding carboxylic acids is 2. The van der Waals surface area contributed by atoms with Gasteiger partial charge < -0.3 is 19.1 Å². The number of rotatable bonds is 10. The topological polar surface area (TPSA) is 68.3 Å². The van der Waals surface area contributed by atoms with Gasteiger partial charge in [-0.25, -0.2) is 4.79 Å². The van der Waals surface area contributed by atoms with E-state index in [1.54, 1.807) is 19.1 Å². The second-order valence-electron chi connectivity index (χ2n) is 9.24. The number of hydrogen-bond donors (Lipinski definition) is 0. The maximum absolute atomic E-state index is 12.9. The summed E-state index contributed by atoms with van der Waals surface area (Å²) in [6.45, 7) is 5.61. The maximum Gasteiger partial charge on any atom is 0.337 e. The molecule has 0 spiro atoms. The molecule has 1 fully saturated rings. The van der Waals surface area contributed by atoms with Crippen LogP contribution in [0, 0.1) is 0 Å². The third-order valence-electron chi connectivity index (χ3n) is 6.58. The third kappa shape index (κ3) is 7.57. The highest BCUT2D eigenvalue weighted by Gasteiger charge is 2.27. The van der Waals surface area contributed by atoms with Crippen LogP contribution in [0.2, 0.25) is 5.02 Å². The molecule has 0 saturated carbocycles. The Labute approximate surface area is 228 Å². The number of nitrogens with zero attached hydrogens (tertiary/aromatic N) is 2. The lowest BCUT2D eigenvalue weighted by atomic mass is 10.1. The molecule has 1 amide bonds. The molecule has 2 unspecified atom stereocenters.